The molecule has 2 aliphatic carbocycles. The molecule has 0 saturated heterocycles. The molecule has 4 rings (SSSR count). The highest BCUT2D eigenvalue weighted by molar-refractivity contribution is 5.15. The Kier molecular flexibility index (Phi) is 4.10. The van der Waals surface area contributed by atoms with Crippen LogP contribution in [0.3, 0.4) is 0 Å². The Bertz CT molecular complexity index is 635. The molecule has 2 aromatic rings. The van der Waals surface area contributed by atoms with Gasteiger partial charge in [0.25, 0.3) is 0 Å². The Morgan fingerprint density at radius 3 is 2.57 bits per heavy atom. The summed E-state index contributed by atoms with van der Waals surface area (Å²) < 4.78 is 1.97. The Morgan fingerprint density at radius 2 is 1.91 bits per heavy atom. The molecule has 2 aliphatic rings. The molecular weight excluding hydrogens is 290 g/mol. The van der Waals surface area contributed by atoms with Gasteiger partial charge in [0.2, 0.25) is 0 Å². The smallest absolute Gasteiger partial charge is 0.165 e. The molecule has 23 heavy (non-hydrogen) atoms. The largest absolute Gasteiger partial charge is 0.395 e. The molecule has 1 atom stereocenters. The van der Waals surface area contributed by atoms with Gasteiger partial charge < -0.3 is 5.11 Å². The van der Waals surface area contributed by atoms with E-state index in [1.165, 1.54) is 31.2 Å². The summed E-state index contributed by atoms with van der Waals surface area (Å²) >= 11 is 0. The molecule has 1 aromatic carbocycles. The van der Waals surface area contributed by atoms with Crippen LogP contribution in [0.5, 0.6) is 0 Å². The lowest BCUT2D eigenvalue weighted by molar-refractivity contribution is 0.0907. The Hall–Kier alpha value is -1.79. The minimum absolute atomic E-state index is 0.194. The molecule has 0 spiro atoms. The van der Waals surface area contributed by atoms with E-state index in [1.807, 2.05) is 10.7 Å². The summed E-state index contributed by atoms with van der Waals surface area (Å²) in [6.45, 7) is 1.71. The van der Waals surface area contributed by atoms with Gasteiger partial charge in [-0.3, -0.25) is 4.90 Å². The zero-order valence-corrected chi connectivity index (χ0v) is 13.3. The average molecular weight is 313 g/mol. The summed E-state index contributed by atoms with van der Waals surface area (Å²) in [7, 11) is 0. The number of hydrogen-bond donors (Lipinski definition) is 1. The monoisotopic (exact) mass is 313 g/mol. The third-order valence-corrected chi connectivity index (χ3v) is 4.85. The van der Waals surface area contributed by atoms with Gasteiger partial charge in [-0.05, 0) is 47.6 Å². The first-order chi connectivity index (χ1) is 11.3. The second-order valence-electron chi connectivity index (χ2n) is 6.75. The van der Waals surface area contributed by atoms with Crippen molar-refractivity contribution < 1.29 is 5.11 Å². The van der Waals surface area contributed by atoms with E-state index in [1.54, 1.807) is 0 Å². The highest BCUT2D eigenvalue weighted by Crippen LogP contribution is 2.37. The van der Waals surface area contributed by atoms with Crippen molar-refractivity contribution in [2.45, 2.75) is 50.9 Å². The first kappa shape index (κ1) is 14.8. The van der Waals surface area contributed by atoms with Crippen molar-refractivity contribution in [3.8, 4) is 0 Å². The second kappa shape index (κ2) is 6.37. The van der Waals surface area contributed by atoms with Crippen LogP contribution in [0.4, 0.5) is 0 Å². The number of aromatic nitrogens is 4. The van der Waals surface area contributed by atoms with E-state index < -0.39 is 0 Å². The number of hydrogen-bond acceptors (Lipinski definition) is 5. The van der Waals surface area contributed by atoms with E-state index in [4.69, 9.17) is 0 Å². The first-order valence-electron chi connectivity index (χ1n) is 8.50. The highest BCUT2D eigenvalue weighted by atomic mass is 16.3. The van der Waals surface area contributed by atoms with Crippen molar-refractivity contribution in [3.63, 3.8) is 0 Å². The highest BCUT2D eigenvalue weighted by Gasteiger charge is 2.36. The molecule has 0 amide bonds. The van der Waals surface area contributed by atoms with Crippen molar-refractivity contribution in [3.05, 3.63) is 41.7 Å². The van der Waals surface area contributed by atoms with Crippen LogP contribution in [0.2, 0.25) is 0 Å². The van der Waals surface area contributed by atoms with Gasteiger partial charge in [0.05, 0.1) is 19.2 Å². The van der Waals surface area contributed by atoms with Crippen LogP contribution in [0.25, 0.3) is 0 Å². The molecule has 0 aliphatic heterocycles. The predicted molar refractivity (Wildman–Crippen MR) is 85.4 cm³/mol. The van der Waals surface area contributed by atoms with Gasteiger partial charge in [-0.2, -0.15) is 0 Å². The third-order valence-electron chi connectivity index (χ3n) is 4.85. The zero-order chi connectivity index (χ0) is 15.6. The van der Waals surface area contributed by atoms with Gasteiger partial charge in [0.15, 0.2) is 5.82 Å². The molecule has 2 saturated carbocycles. The normalized spacial score (nSPS) is 19.2. The van der Waals surface area contributed by atoms with E-state index in [-0.39, 0.29) is 12.6 Å². The van der Waals surface area contributed by atoms with Crippen LogP contribution in [-0.2, 0) is 13.1 Å². The van der Waals surface area contributed by atoms with E-state index in [2.05, 4.69) is 44.7 Å². The van der Waals surface area contributed by atoms with Crippen molar-refractivity contribution in [2.24, 2.45) is 5.92 Å². The summed E-state index contributed by atoms with van der Waals surface area (Å²) in [6, 6.07) is 11.1. The summed E-state index contributed by atoms with van der Waals surface area (Å²) in [5.74, 6) is 1.52. The van der Waals surface area contributed by atoms with E-state index in [0.717, 1.165) is 12.4 Å². The summed E-state index contributed by atoms with van der Waals surface area (Å²) in [5, 5.41) is 22.2. The standard InChI is InChI=1S/C17H23N5O/c23-12-16(14-6-7-14)21(10-13-4-2-1-3-5-13)11-17-18-19-20-22(17)15-8-9-15/h1-5,14-16,23H,6-12H2. The van der Waals surface area contributed by atoms with Crippen LogP contribution in [0, 0.1) is 5.92 Å². The molecule has 1 N–H and O–H groups in total. The molecule has 122 valence electrons. The molecule has 2 fully saturated rings. The zero-order valence-electron chi connectivity index (χ0n) is 13.3. The Labute approximate surface area is 136 Å². The predicted octanol–water partition coefficient (Wildman–Crippen LogP) is 1.78. The summed E-state index contributed by atoms with van der Waals surface area (Å²) in [4.78, 5) is 2.34. The maximum atomic E-state index is 9.90. The van der Waals surface area contributed by atoms with Crippen LogP contribution < -0.4 is 0 Å². The molecule has 1 aromatic heterocycles. The molecule has 0 radical (unpaired) electrons. The van der Waals surface area contributed by atoms with Gasteiger partial charge in [0, 0.05) is 12.6 Å². The van der Waals surface area contributed by atoms with Crippen molar-refractivity contribution in [1.82, 2.24) is 25.1 Å². The van der Waals surface area contributed by atoms with Gasteiger partial charge in [-0.25, -0.2) is 4.68 Å². The molecule has 6 heteroatoms. The number of tetrazole rings is 1. The number of benzene rings is 1. The minimum atomic E-state index is 0.194. The molecule has 6 nitrogen and oxygen atoms in total. The van der Waals surface area contributed by atoms with Crippen molar-refractivity contribution in [2.75, 3.05) is 6.61 Å². The van der Waals surface area contributed by atoms with E-state index in [9.17, 15) is 5.11 Å². The summed E-state index contributed by atoms with van der Waals surface area (Å²) in [5.41, 5.74) is 1.26. The fraction of sp³-hybridized carbons (Fsp3) is 0.588. The number of nitrogens with zero attached hydrogens (tertiary/aromatic N) is 5. The van der Waals surface area contributed by atoms with Gasteiger partial charge in [-0.15, -0.1) is 5.10 Å². The third kappa shape index (κ3) is 3.43. The van der Waals surface area contributed by atoms with E-state index >= 15 is 0 Å². The number of rotatable bonds is 8. The molecule has 1 unspecified atom stereocenters. The molecule has 0 bridgehead atoms. The van der Waals surface area contributed by atoms with Gasteiger partial charge in [-0.1, -0.05) is 30.3 Å². The molecular formula is C17H23N5O. The lowest BCUT2D eigenvalue weighted by atomic mass is 10.1. The summed E-state index contributed by atoms with van der Waals surface area (Å²) in [6.07, 6.45) is 4.76. The fourth-order valence-electron chi connectivity index (χ4n) is 3.25. The average Bonchev–Trinajstić information content (AvgIpc) is 3.50. The van der Waals surface area contributed by atoms with Gasteiger partial charge >= 0.3 is 0 Å². The SMILES string of the molecule is OCC(C1CC1)N(Cc1ccccc1)Cc1nnnn1C1CC1. The number of aliphatic hydroxyl groups excluding tert-OH is 1. The second-order valence-corrected chi connectivity index (χ2v) is 6.75. The maximum Gasteiger partial charge on any atom is 0.165 e. The quantitative estimate of drug-likeness (QED) is 0.804. The number of aliphatic hydroxyl groups is 1. The Balaban J connectivity index is 1.55. The Morgan fingerprint density at radius 1 is 1.13 bits per heavy atom. The maximum absolute atomic E-state index is 9.90. The first-order valence-corrected chi connectivity index (χ1v) is 8.50. The van der Waals surface area contributed by atoms with Crippen LogP contribution in [-0.4, -0.2) is 42.9 Å². The van der Waals surface area contributed by atoms with E-state index in [0.29, 0.717) is 18.5 Å². The van der Waals surface area contributed by atoms with Crippen LogP contribution in [0.1, 0.15) is 43.1 Å². The topological polar surface area (TPSA) is 67.1 Å². The molecule has 1 heterocycles. The van der Waals surface area contributed by atoms with Gasteiger partial charge in [0.1, 0.15) is 0 Å². The van der Waals surface area contributed by atoms with Crippen molar-refractivity contribution in [1.29, 1.82) is 0 Å². The lowest BCUT2D eigenvalue weighted by Crippen LogP contribution is -2.39. The minimum Gasteiger partial charge on any atom is -0.395 e. The van der Waals surface area contributed by atoms with Crippen molar-refractivity contribution >= 4 is 0 Å². The van der Waals surface area contributed by atoms with Crippen LogP contribution in [0.15, 0.2) is 30.3 Å². The lowest BCUT2D eigenvalue weighted by Gasteiger charge is -2.30. The van der Waals surface area contributed by atoms with Crippen LogP contribution >= 0.6 is 0 Å². The fourth-order valence-corrected chi connectivity index (χ4v) is 3.25.